The summed E-state index contributed by atoms with van der Waals surface area (Å²) < 4.78 is 2.57. The molecule has 1 N–H and O–H groups in total. The second-order valence-electron chi connectivity index (χ2n) is 2.47. The van der Waals surface area contributed by atoms with Gasteiger partial charge < -0.3 is 5.32 Å². The number of rotatable bonds is 3. The number of nitrogens with zero attached hydrogens (tertiary/aromatic N) is 2. The van der Waals surface area contributed by atoms with E-state index in [1.165, 1.54) is 0 Å². The molecule has 0 aliphatic carbocycles. The van der Waals surface area contributed by atoms with Crippen LogP contribution < -0.4 is 5.32 Å². The Labute approximate surface area is 89.4 Å². The molecule has 0 saturated heterocycles. The fourth-order valence-electron chi connectivity index (χ4n) is 0.864. The van der Waals surface area contributed by atoms with E-state index in [2.05, 4.69) is 26.3 Å². The molecule has 1 amide bonds. The largest absolute Gasteiger partial charge is 0.349 e. The van der Waals surface area contributed by atoms with E-state index in [-0.39, 0.29) is 11.8 Å². The van der Waals surface area contributed by atoms with Crippen molar-refractivity contribution in [2.45, 2.75) is 6.54 Å². The molecule has 4 nitrogen and oxygen atoms in total. The molecule has 13 heavy (non-hydrogen) atoms. The number of carbonyl (C=O) groups excluding carboxylic acids is 1. The Morgan fingerprint density at radius 3 is 3.00 bits per heavy atom. The van der Waals surface area contributed by atoms with E-state index in [0.717, 1.165) is 10.2 Å². The molecule has 0 aliphatic rings. The molecule has 0 unspecified atom stereocenters. The predicted molar refractivity (Wildman–Crippen MR) is 53.5 cm³/mol. The minimum absolute atomic E-state index is 0.0184. The van der Waals surface area contributed by atoms with Crippen LogP contribution in [0.3, 0.4) is 0 Å². The van der Waals surface area contributed by atoms with Gasteiger partial charge in [-0.2, -0.15) is 5.10 Å². The van der Waals surface area contributed by atoms with Crippen LogP contribution in [0.1, 0.15) is 5.69 Å². The molecule has 1 heterocycles. The van der Waals surface area contributed by atoms with E-state index in [4.69, 9.17) is 11.6 Å². The van der Waals surface area contributed by atoms with Gasteiger partial charge in [0.05, 0.1) is 22.9 Å². The Bertz CT molecular complexity index is 293. The quantitative estimate of drug-likeness (QED) is 0.831. The summed E-state index contributed by atoms with van der Waals surface area (Å²) in [5.74, 6) is -0.204. The third-order valence-electron chi connectivity index (χ3n) is 1.58. The van der Waals surface area contributed by atoms with Gasteiger partial charge in [-0.25, -0.2) is 0 Å². The first-order chi connectivity index (χ1) is 6.15. The summed E-state index contributed by atoms with van der Waals surface area (Å²) in [4.78, 5) is 10.8. The molecule has 0 aromatic carbocycles. The minimum Gasteiger partial charge on any atom is -0.349 e. The molecule has 0 bridgehead atoms. The normalized spacial score (nSPS) is 10.1. The van der Waals surface area contributed by atoms with E-state index < -0.39 is 0 Å². The number of alkyl halides is 1. The number of aryl methyl sites for hydroxylation is 1. The fraction of sp³-hybridized carbons (Fsp3) is 0.429. The molecule has 0 aliphatic heterocycles. The average molecular weight is 267 g/mol. The van der Waals surface area contributed by atoms with Crippen LogP contribution in [-0.4, -0.2) is 21.6 Å². The van der Waals surface area contributed by atoms with Gasteiger partial charge in [-0.05, 0) is 15.9 Å². The fourth-order valence-corrected chi connectivity index (χ4v) is 1.45. The van der Waals surface area contributed by atoms with Crippen LogP contribution in [0, 0.1) is 0 Å². The summed E-state index contributed by atoms with van der Waals surface area (Å²) in [7, 11) is 1.81. The van der Waals surface area contributed by atoms with Crippen molar-refractivity contribution < 1.29 is 4.79 Å². The smallest absolute Gasteiger partial charge is 0.235 e. The zero-order chi connectivity index (χ0) is 9.84. The molecule has 1 rings (SSSR count). The highest BCUT2D eigenvalue weighted by molar-refractivity contribution is 9.10. The van der Waals surface area contributed by atoms with Crippen LogP contribution in [0.25, 0.3) is 0 Å². The lowest BCUT2D eigenvalue weighted by Crippen LogP contribution is -2.25. The summed E-state index contributed by atoms with van der Waals surface area (Å²) in [5.41, 5.74) is 0.915. The van der Waals surface area contributed by atoms with Gasteiger partial charge in [0.1, 0.15) is 5.88 Å². The molecule has 0 atom stereocenters. The Morgan fingerprint density at radius 2 is 2.54 bits per heavy atom. The first-order valence-corrected chi connectivity index (χ1v) is 4.97. The molecule has 1 aromatic rings. The average Bonchev–Trinajstić information content (AvgIpc) is 2.43. The van der Waals surface area contributed by atoms with Gasteiger partial charge in [0.15, 0.2) is 0 Å². The third kappa shape index (κ3) is 2.70. The van der Waals surface area contributed by atoms with Crippen LogP contribution >= 0.6 is 27.5 Å². The second-order valence-corrected chi connectivity index (χ2v) is 3.59. The number of amides is 1. The molecule has 0 fully saturated rings. The van der Waals surface area contributed by atoms with Gasteiger partial charge in [-0.3, -0.25) is 9.48 Å². The third-order valence-corrected chi connectivity index (χ3v) is 2.49. The van der Waals surface area contributed by atoms with Crippen molar-refractivity contribution in [3.63, 3.8) is 0 Å². The maximum Gasteiger partial charge on any atom is 0.235 e. The van der Waals surface area contributed by atoms with E-state index in [9.17, 15) is 4.79 Å². The minimum atomic E-state index is -0.185. The van der Waals surface area contributed by atoms with Gasteiger partial charge in [-0.15, -0.1) is 11.6 Å². The van der Waals surface area contributed by atoms with Crippen LogP contribution in [-0.2, 0) is 18.4 Å². The van der Waals surface area contributed by atoms with Crippen molar-refractivity contribution in [1.82, 2.24) is 15.1 Å². The van der Waals surface area contributed by atoms with Crippen LogP contribution in [0.15, 0.2) is 10.7 Å². The summed E-state index contributed by atoms with van der Waals surface area (Å²) >= 11 is 8.65. The molecule has 6 heteroatoms. The van der Waals surface area contributed by atoms with Gasteiger partial charge >= 0.3 is 0 Å². The summed E-state index contributed by atoms with van der Waals surface area (Å²) in [6.07, 6.45) is 1.68. The molecular formula is C7H9BrClN3O. The number of hydrogen-bond acceptors (Lipinski definition) is 2. The lowest BCUT2D eigenvalue weighted by Gasteiger charge is -2.03. The van der Waals surface area contributed by atoms with Crippen LogP contribution in [0.5, 0.6) is 0 Å². The van der Waals surface area contributed by atoms with Gasteiger partial charge in [-0.1, -0.05) is 0 Å². The van der Waals surface area contributed by atoms with E-state index in [1.54, 1.807) is 10.9 Å². The molecular weight excluding hydrogens is 257 g/mol. The van der Waals surface area contributed by atoms with Crippen molar-refractivity contribution in [3.05, 3.63) is 16.4 Å². The lowest BCUT2D eigenvalue weighted by atomic mass is 10.4. The summed E-state index contributed by atoms with van der Waals surface area (Å²) in [5, 5.41) is 6.66. The first kappa shape index (κ1) is 10.5. The maximum absolute atomic E-state index is 10.8. The standard InChI is InChI=1S/C7H9BrClN3O/c1-12-6(5(8)3-11-12)4-10-7(13)2-9/h3H,2,4H2,1H3,(H,10,13). The molecule has 0 spiro atoms. The van der Waals surface area contributed by atoms with Gasteiger partial charge in [0.25, 0.3) is 0 Å². The van der Waals surface area contributed by atoms with Gasteiger partial charge in [0, 0.05) is 7.05 Å². The Morgan fingerprint density at radius 1 is 1.85 bits per heavy atom. The van der Waals surface area contributed by atoms with E-state index >= 15 is 0 Å². The number of aromatic nitrogens is 2. The Balaban J connectivity index is 2.58. The summed E-state index contributed by atoms with van der Waals surface area (Å²) in [6.45, 7) is 0.433. The van der Waals surface area contributed by atoms with E-state index in [0.29, 0.717) is 6.54 Å². The molecule has 0 saturated carbocycles. The van der Waals surface area contributed by atoms with Crippen LogP contribution in [0.4, 0.5) is 0 Å². The molecule has 72 valence electrons. The van der Waals surface area contributed by atoms with Crippen molar-refractivity contribution in [2.75, 3.05) is 5.88 Å². The van der Waals surface area contributed by atoms with Gasteiger partial charge in [0.2, 0.25) is 5.91 Å². The second kappa shape index (κ2) is 4.62. The van der Waals surface area contributed by atoms with Crippen molar-refractivity contribution >= 4 is 33.4 Å². The number of carbonyl (C=O) groups is 1. The molecule has 0 radical (unpaired) electrons. The zero-order valence-electron chi connectivity index (χ0n) is 7.05. The van der Waals surface area contributed by atoms with E-state index in [1.807, 2.05) is 7.05 Å². The zero-order valence-corrected chi connectivity index (χ0v) is 9.39. The maximum atomic E-state index is 10.8. The first-order valence-electron chi connectivity index (χ1n) is 3.64. The predicted octanol–water partition coefficient (Wildman–Crippen LogP) is 1.04. The van der Waals surface area contributed by atoms with Crippen molar-refractivity contribution in [2.24, 2.45) is 7.05 Å². The molecule has 1 aromatic heterocycles. The number of nitrogens with one attached hydrogen (secondary N) is 1. The topological polar surface area (TPSA) is 46.9 Å². The number of hydrogen-bond donors (Lipinski definition) is 1. The Hall–Kier alpha value is -0.550. The highest BCUT2D eigenvalue weighted by atomic mass is 79.9. The monoisotopic (exact) mass is 265 g/mol. The highest BCUT2D eigenvalue weighted by Crippen LogP contribution is 2.14. The van der Waals surface area contributed by atoms with Crippen molar-refractivity contribution in [3.8, 4) is 0 Å². The SMILES string of the molecule is Cn1ncc(Br)c1CNC(=O)CCl. The Kier molecular flexibility index (Phi) is 3.74. The number of halogens is 2. The van der Waals surface area contributed by atoms with Crippen LogP contribution in [0.2, 0.25) is 0 Å². The lowest BCUT2D eigenvalue weighted by molar-refractivity contribution is -0.118. The van der Waals surface area contributed by atoms with Crippen molar-refractivity contribution in [1.29, 1.82) is 0 Å². The highest BCUT2D eigenvalue weighted by Gasteiger charge is 2.06. The summed E-state index contributed by atoms with van der Waals surface area (Å²) in [6, 6.07) is 0.